The summed E-state index contributed by atoms with van der Waals surface area (Å²) >= 11 is 0. The van der Waals surface area contributed by atoms with E-state index in [1.807, 2.05) is 38.2 Å². The van der Waals surface area contributed by atoms with Crippen molar-refractivity contribution in [2.24, 2.45) is 0 Å². The van der Waals surface area contributed by atoms with Gasteiger partial charge in [-0.2, -0.15) is 0 Å². The van der Waals surface area contributed by atoms with E-state index in [1.165, 1.54) is 0 Å². The third-order valence-electron chi connectivity index (χ3n) is 3.29. The van der Waals surface area contributed by atoms with Gasteiger partial charge in [-0.15, -0.1) is 0 Å². The summed E-state index contributed by atoms with van der Waals surface area (Å²) in [6.07, 6.45) is 0.790. The number of likely N-dealkylation sites (N-methyl/N-ethyl adjacent to an activating group) is 2. The Morgan fingerprint density at radius 3 is 2.74 bits per heavy atom. The first-order valence-corrected chi connectivity index (χ1v) is 6.68. The van der Waals surface area contributed by atoms with E-state index in [1.54, 1.807) is 12.0 Å². The van der Waals surface area contributed by atoms with Crippen LogP contribution in [0.2, 0.25) is 0 Å². The van der Waals surface area contributed by atoms with Crippen LogP contribution in [0, 0.1) is 0 Å². The molecule has 0 aliphatic carbocycles. The van der Waals surface area contributed by atoms with Crippen LogP contribution in [0.3, 0.4) is 0 Å². The van der Waals surface area contributed by atoms with Crippen LogP contribution in [-0.2, 0) is 11.2 Å². The van der Waals surface area contributed by atoms with Gasteiger partial charge >= 0.3 is 0 Å². The number of hydrogen-bond donors (Lipinski definition) is 1. The van der Waals surface area contributed by atoms with Crippen molar-refractivity contribution < 1.29 is 9.53 Å². The van der Waals surface area contributed by atoms with Gasteiger partial charge in [-0.1, -0.05) is 25.1 Å². The standard InChI is InChI=1S/C15H24N2O2/c1-5-16-11-15(18)17(3)12(2)10-13-8-6-7-9-14(13)19-4/h6-9,12,16H,5,10-11H2,1-4H3. The first kappa shape index (κ1) is 15.5. The Bertz CT molecular complexity index is 407. The summed E-state index contributed by atoms with van der Waals surface area (Å²) in [6, 6.07) is 8.07. The predicted molar refractivity (Wildman–Crippen MR) is 77.5 cm³/mol. The van der Waals surface area contributed by atoms with Gasteiger partial charge in [0.2, 0.25) is 5.91 Å². The zero-order chi connectivity index (χ0) is 14.3. The van der Waals surface area contributed by atoms with E-state index in [-0.39, 0.29) is 11.9 Å². The molecule has 1 rings (SSSR count). The normalized spacial score (nSPS) is 12.0. The van der Waals surface area contributed by atoms with E-state index >= 15 is 0 Å². The third kappa shape index (κ3) is 4.56. The maximum Gasteiger partial charge on any atom is 0.236 e. The highest BCUT2D eigenvalue weighted by atomic mass is 16.5. The van der Waals surface area contributed by atoms with Crippen molar-refractivity contribution in [2.45, 2.75) is 26.3 Å². The van der Waals surface area contributed by atoms with Gasteiger partial charge in [0, 0.05) is 13.1 Å². The van der Waals surface area contributed by atoms with Crippen LogP contribution in [-0.4, -0.2) is 44.1 Å². The third-order valence-corrected chi connectivity index (χ3v) is 3.29. The van der Waals surface area contributed by atoms with Crippen LogP contribution >= 0.6 is 0 Å². The van der Waals surface area contributed by atoms with Crippen molar-refractivity contribution in [1.29, 1.82) is 0 Å². The van der Waals surface area contributed by atoms with Crippen LogP contribution < -0.4 is 10.1 Å². The van der Waals surface area contributed by atoms with Crippen molar-refractivity contribution in [3.8, 4) is 5.75 Å². The average Bonchev–Trinajstić information content (AvgIpc) is 2.44. The highest BCUT2D eigenvalue weighted by Gasteiger charge is 2.16. The summed E-state index contributed by atoms with van der Waals surface area (Å²) in [6.45, 7) is 5.24. The molecule has 0 radical (unpaired) electrons. The van der Waals surface area contributed by atoms with Gasteiger partial charge in [0.1, 0.15) is 5.75 Å². The summed E-state index contributed by atoms with van der Waals surface area (Å²) in [5.41, 5.74) is 1.13. The van der Waals surface area contributed by atoms with Gasteiger partial charge in [-0.05, 0) is 31.5 Å². The average molecular weight is 264 g/mol. The summed E-state index contributed by atoms with van der Waals surface area (Å²) in [5.74, 6) is 0.992. The molecule has 1 unspecified atom stereocenters. The molecule has 0 aromatic heterocycles. The SMILES string of the molecule is CCNCC(=O)N(C)C(C)Cc1ccccc1OC. The second-order valence-electron chi connectivity index (χ2n) is 4.65. The molecular formula is C15H24N2O2. The molecule has 1 aromatic carbocycles. The Balaban J connectivity index is 2.63. The second kappa shape index (κ2) is 7.79. The maximum atomic E-state index is 11.9. The topological polar surface area (TPSA) is 41.6 Å². The molecule has 0 heterocycles. The number of ether oxygens (including phenoxy) is 1. The zero-order valence-corrected chi connectivity index (χ0v) is 12.3. The number of carbonyl (C=O) groups excluding carboxylic acids is 1. The molecular weight excluding hydrogens is 240 g/mol. The minimum Gasteiger partial charge on any atom is -0.496 e. The van der Waals surface area contributed by atoms with Gasteiger partial charge in [0.15, 0.2) is 0 Å². The largest absolute Gasteiger partial charge is 0.496 e. The summed E-state index contributed by atoms with van der Waals surface area (Å²) in [5, 5.41) is 3.05. The van der Waals surface area contributed by atoms with Gasteiger partial charge in [-0.25, -0.2) is 0 Å². The number of benzene rings is 1. The fourth-order valence-corrected chi connectivity index (χ4v) is 1.93. The van der Waals surface area contributed by atoms with Crippen LogP contribution in [0.5, 0.6) is 5.75 Å². The van der Waals surface area contributed by atoms with E-state index < -0.39 is 0 Å². The van der Waals surface area contributed by atoms with Gasteiger partial charge in [-0.3, -0.25) is 4.79 Å². The maximum absolute atomic E-state index is 11.9. The lowest BCUT2D eigenvalue weighted by molar-refractivity contribution is -0.130. The minimum atomic E-state index is 0.115. The molecule has 1 N–H and O–H groups in total. The Morgan fingerprint density at radius 2 is 2.11 bits per heavy atom. The summed E-state index contributed by atoms with van der Waals surface area (Å²) < 4.78 is 5.34. The molecule has 0 bridgehead atoms. The smallest absolute Gasteiger partial charge is 0.236 e. The molecule has 0 aliphatic rings. The number of para-hydroxylation sites is 1. The monoisotopic (exact) mass is 264 g/mol. The van der Waals surface area contributed by atoms with Crippen molar-refractivity contribution in [3.63, 3.8) is 0 Å². The lowest BCUT2D eigenvalue weighted by Gasteiger charge is -2.25. The number of carbonyl (C=O) groups is 1. The van der Waals surface area contributed by atoms with Crippen LogP contribution in [0.1, 0.15) is 19.4 Å². The van der Waals surface area contributed by atoms with E-state index in [9.17, 15) is 4.79 Å². The molecule has 0 fully saturated rings. The molecule has 0 spiro atoms. The zero-order valence-electron chi connectivity index (χ0n) is 12.3. The summed E-state index contributed by atoms with van der Waals surface area (Å²) in [4.78, 5) is 13.7. The van der Waals surface area contributed by atoms with Crippen LogP contribution in [0.25, 0.3) is 0 Å². The molecule has 1 atom stereocenters. The van der Waals surface area contributed by atoms with Gasteiger partial charge < -0.3 is 15.0 Å². The number of methoxy groups -OCH3 is 1. The van der Waals surface area contributed by atoms with Crippen molar-refractivity contribution >= 4 is 5.91 Å². The van der Waals surface area contributed by atoms with E-state index in [0.717, 1.165) is 24.3 Å². The fourth-order valence-electron chi connectivity index (χ4n) is 1.93. The van der Waals surface area contributed by atoms with Crippen molar-refractivity contribution in [2.75, 3.05) is 27.2 Å². The Hall–Kier alpha value is -1.55. The Kier molecular flexibility index (Phi) is 6.36. The Labute approximate surface area is 115 Å². The number of nitrogens with zero attached hydrogens (tertiary/aromatic N) is 1. The molecule has 1 amide bonds. The molecule has 4 nitrogen and oxygen atoms in total. The molecule has 19 heavy (non-hydrogen) atoms. The first-order chi connectivity index (χ1) is 9.10. The van der Waals surface area contributed by atoms with Crippen molar-refractivity contribution in [1.82, 2.24) is 10.2 Å². The molecule has 1 aromatic rings. The predicted octanol–water partition coefficient (Wildman–Crippen LogP) is 1.69. The number of hydrogen-bond acceptors (Lipinski definition) is 3. The second-order valence-corrected chi connectivity index (χ2v) is 4.65. The molecule has 0 aliphatic heterocycles. The Morgan fingerprint density at radius 1 is 1.42 bits per heavy atom. The van der Waals surface area contributed by atoms with E-state index in [4.69, 9.17) is 4.74 Å². The molecule has 106 valence electrons. The lowest BCUT2D eigenvalue weighted by atomic mass is 10.1. The number of rotatable bonds is 7. The lowest BCUT2D eigenvalue weighted by Crippen LogP contribution is -2.41. The van der Waals surface area contributed by atoms with Gasteiger partial charge in [0.25, 0.3) is 0 Å². The quantitative estimate of drug-likeness (QED) is 0.815. The molecule has 0 saturated carbocycles. The number of nitrogens with one attached hydrogen (secondary N) is 1. The van der Waals surface area contributed by atoms with E-state index in [0.29, 0.717) is 6.54 Å². The highest BCUT2D eigenvalue weighted by molar-refractivity contribution is 5.78. The van der Waals surface area contributed by atoms with E-state index in [2.05, 4.69) is 12.2 Å². The number of amides is 1. The first-order valence-electron chi connectivity index (χ1n) is 6.68. The summed E-state index contributed by atoms with van der Waals surface area (Å²) in [7, 11) is 3.52. The van der Waals surface area contributed by atoms with Crippen molar-refractivity contribution in [3.05, 3.63) is 29.8 Å². The molecule has 0 saturated heterocycles. The molecule has 4 heteroatoms. The van der Waals surface area contributed by atoms with Crippen LogP contribution in [0.4, 0.5) is 0 Å². The van der Waals surface area contributed by atoms with Crippen LogP contribution in [0.15, 0.2) is 24.3 Å². The van der Waals surface area contributed by atoms with Gasteiger partial charge in [0.05, 0.1) is 13.7 Å². The fraction of sp³-hybridized carbons (Fsp3) is 0.533. The minimum absolute atomic E-state index is 0.115. The highest BCUT2D eigenvalue weighted by Crippen LogP contribution is 2.20.